The lowest BCUT2D eigenvalue weighted by atomic mass is 10.1. The van der Waals surface area contributed by atoms with Gasteiger partial charge in [-0.15, -0.1) is 0 Å². The van der Waals surface area contributed by atoms with Crippen LogP contribution in [-0.2, 0) is 6.18 Å². The molecule has 0 aromatic heterocycles. The van der Waals surface area contributed by atoms with Crippen LogP contribution < -0.4 is 5.73 Å². The monoisotopic (exact) mass is 264 g/mol. The number of nitrogens with two attached hydrogens (primary N) is 1. The van der Waals surface area contributed by atoms with E-state index < -0.39 is 17.4 Å². The van der Waals surface area contributed by atoms with E-state index in [-0.39, 0.29) is 10.0 Å². The summed E-state index contributed by atoms with van der Waals surface area (Å²) in [4.78, 5) is 0. The van der Waals surface area contributed by atoms with Gasteiger partial charge in [0.1, 0.15) is 0 Å². The molecule has 1 aromatic rings. The summed E-state index contributed by atoms with van der Waals surface area (Å²) in [6.07, 6.45) is -4.52. The summed E-state index contributed by atoms with van der Waals surface area (Å²) in [6, 6.07) is 3.79. The summed E-state index contributed by atoms with van der Waals surface area (Å²) in [5.74, 6) is 0. The molecule has 74 valence electrons. The highest BCUT2D eigenvalue weighted by molar-refractivity contribution is 9.10. The molecule has 0 amide bonds. The largest absolute Gasteiger partial charge is 0.419 e. The third-order valence-corrected chi connectivity index (χ3v) is 2.16. The van der Waals surface area contributed by atoms with Gasteiger partial charge in [0.2, 0.25) is 0 Å². The second-order valence-corrected chi connectivity index (χ2v) is 3.39. The highest BCUT2D eigenvalue weighted by Crippen LogP contribution is 2.39. The van der Waals surface area contributed by atoms with Crippen molar-refractivity contribution in [2.24, 2.45) is 0 Å². The molecule has 1 rings (SSSR count). The maximum atomic E-state index is 12.4. The van der Waals surface area contributed by atoms with Crippen molar-refractivity contribution in [2.45, 2.75) is 6.18 Å². The highest BCUT2D eigenvalue weighted by atomic mass is 79.9. The van der Waals surface area contributed by atoms with Gasteiger partial charge < -0.3 is 5.73 Å². The molecule has 1 aromatic carbocycles. The van der Waals surface area contributed by atoms with E-state index >= 15 is 0 Å². The molecule has 0 atom stereocenters. The molecule has 0 fully saturated rings. The Kier molecular flexibility index (Phi) is 2.71. The number of hydrogen-bond donors (Lipinski definition) is 1. The summed E-state index contributed by atoms with van der Waals surface area (Å²) < 4.78 is 36.8. The molecule has 0 unspecified atom stereocenters. The maximum Gasteiger partial charge on any atom is 0.419 e. The molecule has 0 saturated carbocycles. The molecule has 6 heteroatoms. The van der Waals surface area contributed by atoms with Crippen LogP contribution in [0, 0.1) is 11.3 Å². The summed E-state index contributed by atoms with van der Waals surface area (Å²) in [5.41, 5.74) is 3.87. The van der Waals surface area contributed by atoms with Crippen LogP contribution in [0.5, 0.6) is 0 Å². The molecule has 0 saturated heterocycles. The first-order valence-corrected chi connectivity index (χ1v) is 4.22. The number of nitrogen functional groups attached to an aromatic ring is 1. The molecule has 0 aliphatic heterocycles. The normalized spacial score (nSPS) is 11.1. The van der Waals surface area contributed by atoms with E-state index in [0.717, 1.165) is 12.1 Å². The Morgan fingerprint density at radius 1 is 1.36 bits per heavy atom. The van der Waals surface area contributed by atoms with Crippen LogP contribution in [0.4, 0.5) is 18.9 Å². The van der Waals surface area contributed by atoms with Gasteiger partial charge >= 0.3 is 6.18 Å². The lowest BCUT2D eigenvalue weighted by Gasteiger charge is -2.11. The smallest absolute Gasteiger partial charge is 0.398 e. The maximum absolute atomic E-state index is 12.4. The van der Waals surface area contributed by atoms with E-state index in [2.05, 4.69) is 15.9 Å². The Morgan fingerprint density at radius 2 is 1.93 bits per heavy atom. The number of nitrogens with zero attached hydrogens (tertiary/aromatic N) is 1. The van der Waals surface area contributed by atoms with Gasteiger partial charge in [-0.3, -0.25) is 0 Å². The van der Waals surface area contributed by atoms with Crippen molar-refractivity contribution in [3.8, 4) is 6.07 Å². The standard InChI is InChI=1S/C8H4BrF3N2/c9-5-1-4(3-13)2-6(14)7(5)8(10,11)12/h1-2H,14H2. The number of anilines is 1. The number of benzene rings is 1. The Morgan fingerprint density at radius 3 is 2.29 bits per heavy atom. The summed E-state index contributed by atoms with van der Waals surface area (Å²) in [7, 11) is 0. The van der Waals surface area contributed by atoms with Crippen molar-refractivity contribution >= 4 is 21.6 Å². The summed E-state index contributed by atoms with van der Waals surface area (Å²) >= 11 is 2.72. The Balaban J connectivity index is 3.42. The zero-order chi connectivity index (χ0) is 10.9. The van der Waals surface area contributed by atoms with Crippen molar-refractivity contribution in [1.82, 2.24) is 0 Å². The van der Waals surface area contributed by atoms with Crippen molar-refractivity contribution in [1.29, 1.82) is 5.26 Å². The van der Waals surface area contributed by atoms with E-state index in [0.29, 0.717) is 0 Å². The summed E-state index contributed by atoms with van der Waals surface area (Å²) in [5, 5.41) is 8.47. The third kappa shape index (κ3) is 1.99. The summed E-state index contributed by atoms with van der Waals surface area (Å²) in [6.45, 7) is 0. The first-order chi connectivity index (χ1) is 6.36. The minimum absolute atomic E-state index is 0.0855. The molecule has 0 heterocycles. The van der Waals surface area contributed by atoms with Crippen LogP contribution in [0.2, 0.25) is 0 Å². The number of hydrogen-bond acceptors (Lipinski definition) is 2. The van der Waals surface area contributed by atoms with Gasteiger partial charge in [-0.25, -0.2) is 0 Å². The molecule has 2 nitrogen and oxygen atoms in total. The highest BCUT2D eigenvalue weighted by Gasteiger charge is 2.35. The second kappa shape index (κ2) is 3.50. The van der Waals surface area contributed by atoms with Crippen LogP contribution in [0.3, 0.4) is 0 Å². The van der Waals surface area contributed by atoms with Gasteiger partial charge in [0.05, 0.1) is 17.2 Å². The predicted octanol–water partition coefficient (Wildman–Crippen LogP) is 2.92. The average Bonchev–Trinajstić information content (AvgIpc) is 1.99. The van der Waals surface area contributed by atoms with Crippen LogP contribution in [0.25, 0.3) is 0 Å². The predicted molar refractivity (Wildman–Crippen MR) is 48.3 cm³/mol. The third-order valence-electron chi connectivity index (χ3n) is 1.53. The zero-order valence-corrected chi connectivity index (χ0v) is 8.28. The van der Waals surface area contributed by atoms with Crippen LogP contribution >= 0.6 is 15.9 Å². The van der Waals surface area contributed by atoms with Gasteiger partial charge in [0.15, 0.2) is 0 Å². The molecule has 0 radical (unpaired) electrons. The fraction of sp³-hybridized carbons (Fsp3) is 0.125. The number of rotatable bonds is 0. The van der Waals surface area contributed by atoms with Gasteiger partial charge in [-0.05, 0) is 12.1 Å². The molecular weight excluding hydrogens is 261 g/mol. The van der Waals surface area contributed by atoms with Gasteiger partial charge in [-0.1, -0.05) is 15.9 Å². The first kappa shape index (κ1) is 10.9. The SMILES string of the molecule is N#Cc1cc(N)c(C(F)(F)F)c(Br)c1. The van der Waals surface area contributed by atoms with Crippen molar-refractivity contribution in [2.75, 3.05) is 5.73 Å². The molecule has 0 aliphatic carbocycles. The quantitative estimate of drug-likeness (QED) is 0.733. The van der Waals surface area contributed by atoms with E-state index in [1.54, 1.807) is 6.07 Å². The van der Waals surface area contributed by atoms with E-state index in [1.807, 2.05) is 0 Å². The molecule has 2 N–H and O–H groups in total. The Bertz CT molecular complexity index is 383. The fourth-order valence-corrected chi connectivity index (χ4v) is 1.69. The number of alkyl halides is 3. The minimum atomic E-state index is -4.52. The van der Waals surface area contributed by atoms with E-state index in [9.17, 15) is 13.2 Å². The topological polar surface area (TPSA) is 49.8 Å². The number of nitriles is 1. The van der Waals surface area contributed by atoms with Crippen molar-refractivity contribution in [3.05, 3.63) is 27.7 Å². The average molecular weight is 265 g/mol. The van der Waals surface area contributed by atoms with Gasteiger partial charge in [-0.2, -0.15) is 18.4 Å². The Hall–Kier alpha value is -1.22. The van der Waals surface area contributed by atoms with Crippen molar-refractivity contribution in [3.63, 3.8) is 0 Å². The van der Waals surface area contributed by atoms with Crippen molar-refractivity contribution < 1.29 is 13.2 Å². The number of halogens is 4. The Labute approximate surface area is 86.3 Å². The van der Waals surface area contributed by atoms with Gasteiger partial charge in [0, 0.05) is 10.2 Å². The molecule has 0 spiro atoms. The van der Waals surface area contributed by atoms with Crippen LogP contribution in [-0.4, -0.2) is 0 Å². The van der Waals surface area contributed by atoms with E-state index in [4.69, 9.17) is 11.0 Å². The van der Waals surface area contributed by atoms with E-state index in [1.165, 1.54) is 0 Å². The zero-order valence-electron chi connectivity index (χ0n) is 6.69. The fourth-order valence-electron chi connectivity index (χ4n) is 0.992. The minimum Gasteiger partial charge on any atom is -0.398 e. The molecule has 14 heavy (non-hydrogen) atoms. The van der Waals surface area contributed by atoms with Gasteiger partial charge in [0.25, 0.3) is 0 Å². The van der Waals surface area contributed by atoms with Crippen LogP contribution in [0.1, 0.15) is 11.1 Å². The lowest BCUT2D eigenvalue weighted by Crippen LogP contribution is -2.10. The molecular formula is C8H4BrF3N2. The van der Waals surface area contributed by atoms with Crippen LogP contribution in [0.15, 0.2) is 16.6 Å². The lowest BCUT2D eigenvalue weighted by molar-refractivity contribution is -0.137. The molecule has 0 aliphatic rings. The molecule has 0 bridgehead atoms. The second-order valence-electron chi connectivity index (χ2n) is 2.53. The first-order valence-electron chi connectivity index (χ1n) is 3.42.